The third kappa shape index (κ3) is 1.79. The lowest BCUT2D eigenvalue weighted by atomic mass is 10.0. The standard InChI is InChI=1S/C14H15N3O/c1-15-14-12-11(8-5-9-16-14)13(18-17-12)10-6-3-2-4-7-10/h2-4,6-7H,5,8-9H2,1H3,(H,15,16). The Kier molecular flexibility index (Phi) is 2.84. The lowest BCUT2D eigenvalue weighted by Crippen LogP contribution is -2.24. The molecular weight excluding hydrogens is 226 g/mol. The van der Waals surface area contributed by atoms with Gasteiger partial charge in [0.05, 0.1) is 0 Å². The van der Waals surface area contributed by atoms with Crippen LogP contribution >= 0.6 is 0 Å². The molecule has 2 aromatic rings. The number of hydrogen-bond acceptors (Lipinski definition) is 3. The zero-order chi connectivity index (χ0) is 12.4. The Balaban J connectivity index is 2.12. The Morgan fingerprint density at radius 1 is 1.28 bits per heavy atom. The molecular formula is C14H15N3O. The summed E-state index contributed by atoms with van der Waals surface area (Å²) in [6, 6.07) is 10.1. The van der Waals surface area contributed by atoms with Crippen molar-refractivity contribution >= 4 is 5.84 Å². The summed E-state index contributed by atoms with van der Waals surface area (Å²) in [5.74, 6) is 1.70. The van der Waals surface area contributed by atoms with Crippen LogP contribution in [0.3, 0.4) is 0 Å². The predicted molar refractivity (Wildman–Crippen MR) is 70.7 cm³/mol. The van der Waals surface area contributed by atoms with E-state index in [0.29, 0.717) is 0 Å². The molecule has 0 saturated heterocycles. The molecule has 0 amide bonds. The van der Waals surface area contributed by atoms with Crippen molar-refractivity contribution in [1.82, 2.24) is 10.5 Å². The number of hydrogen-bond donors (Lipinski definition) is 1. The summed E-state index contributed by atoms with van der Waals surface area (Å²) in [4.78, 5) is 4.24. The van der Waals surface area contributed by atoms with Crippen LogP contribution in [0.1, 0.15) is 17.7 Å². The maximum absolute atomic E-state index is 5.52. The Morgan fingerprint density at radius 2 is 2.11 bits per heavy atom. The van der Waals surface area contributed by atoms with Gasteiger partial charge in [0, 0.05) is 24.7 Å². The Morgan fingerprint density at radius 3 is 2.89 bits per heavy atom. The number of benzene rings is 1. The fraction of sp³-hybridized carbons (Fsp3) is 0.286. The predicted octanol–water partition coefficient (Wildman–Crippen LogP) is 2.25. The second kappa shape index (κ2) is 4.64. The van der Waals surface area contributed by atoms with Crippen LogP contribution in [0.25, 0.3) is 11.3 Å². The minimum atomic E-state index is 0.827. The van der Waals surface area contributed by atoms with Crippen molar-refractivity contribution in [3.8, 4) is 11.3 Å². The van der Waals surface area contributed by atoms with Gasteiger partial charge in [0.2, 0.25) is 0 Å². The zero-order valence-electron chi connectivity index (χ0n) is 10.3. The summed E-state index contributed by atoms with van der Waals surface area (Å²) in [5, 5.41) is 7.46. The van der Waals surface area contributed by atoms with Gasteiger partial charge in [0.25, 0.3) is 0 Å². The molecule has 0 spiro atoms. The molecule has 0 atom stereocenters. The van der Waals surface area contributed by atoms with Crippen molar-refractivity contribution in [1.29, 1.82) is 0 Å². The lowest BCUT2D eigenvalue weighted by Gasteiger charge is -2.01. The number of rotatable bonds is 1. The molecule has 4 heteroatoms. The molecule has 18 heavy (non-hydrogen) atoms. The number of fused-ring (bicyclic) bond motifs is 1. The van der Waals surface area contributed by atoms with Gasteiger partial charge in [-0.25, -0.2) is 0 Å². The molecule has 0 radical (unpaired) electrons. The lowest BCUT2D eigenvalue weighted by molar-refractivity contribution is 0.429. The van der Waals surface area contributed by atoms with Crippen LogP contribution in [0.15, 0.2) is 39.8 Å². The van der Waals surface area contributed by atoms with Crippen LogP contribution in [0.4, 0.5) is 0 Å². The summed E-state index contributed by atoms with van der Waals surface area (Å²) in [6.45, 7) is 0.928. The van der Waals surface area contributed by atoms with Crippen molar-refractivity contribution in [2.75, 3.05) is 13.6 Å². The average Bonchev–Trinajstić information content (AvgIpc) is 2.73. The van der Waals surface area contributed by atoms with Crippen molar-refractivity contribution in [2.45, 2.75) is 12.8 Å². The van der Waals surface area contributed by atoms with Crippen molar-refractivity contribution in [2.24, 2.45) is 4.99 Å². The van der Waals surface area contributed by atoms with Crippen molar-refractivity contribution < 1.29 is 4.52 Å². The summed E-state index contributed by atoms with van der Waals surface area (Å²) in [6.07, 6.45) is 2.03. The van der Waals surface area contributed by atoms with E-state index in [2.05, 4.69) is 15.5 Å². The topological polar surface area (TPSA) is 50.4 Å². The van der Waals surface area contributed by atoms with E-state index in [1.165, 1.54) is 0 Å². The van der Waals surface area contributed by atoms with Crippen LogP contribution in [0.2, 0.25) is 0 Å². The smallest absolute Gasteiger partial charge is 0.170 e. The quantitative estimate of drug-likeness (QED) is 0.833. The number of nitrogens with one attached hydrogen (secondary N) is 1. The molecule has 2 heterocycles. The second-order valence-electron chi connectivity index (χ2n) is 4.31. The molecule has 3 rings (SSSR count). The molecule has 0 fully saturated rings. The largest absolute Gasteiger partial charge is 0.368 e. The van der Waals surface area contributed by atoms with Crippen LogP contribution in [-0.2, 0) is 6.42 Å². The maximum atomic E-state index is 5.52. The van der Waals surface area contributed by atoms with E-state index in [1.54, 1.807) is 7.05 Å². The van der Waals surface area contributed by atoms with Gasteiger partial charge in [-0.1, -0.05) is 35.5 Å². The van der Waals surface area contributed by atoms with Crippen LogP contribution in [-0.4, -0.2) is 24.6 Å². The zero-order valence-corrected chi connectivity index (χ0v) is 10.3. The summed E-state index contributed by atoms with van der Waals surface area (Å²) >= 11 is 0. The monoisotopic (exact) mass is 241 g/mol. The second-order valence-corrected chi connectivity index (χ2v) is 4.31. The molecule has 0 saturated carbocycles. The summed E-state index contributed by atoms with van der Waals surface area (Å²) in [5.41, 5.74) is 3.09. The third-order valence-corrected chi connectivity index (χ3v) is 3.17. The highest BCUT2D eigenvalue weighted by atomic mass is 16.5. The van der Waals surface area contributed by atoms with Gasteiger partial charge in [0.1, 0.15) is 0 Å². The first-order valence-electron chi connectivity index (χ1n) is 6.15. The molecule has 1 aliphatic heterocycles. The average molecular weight is 241 g/mol. The number of nitrogens with zero attached hydrogens (tertiary/aromatic N) is 2. The Bertz CT molecular complexity index is 572. The van der Waals surface area contributed by atoms with E-state index in [4.69, 9.17) is 4.52 Å². The summed E-state index contributed by atoms with van der Waals surface area (Å²) in [7, 11) is 1.77. The Hall–Kier alpha value is -2.10. The van der Waals surface area contributed by atoms with Gasteiger partial charge >= 0.3 is 0 Å². The van der Waals surface area contributed by atoms with Gasteiger partial charge in [-0.05, 0) is 12.8 Å². The van der Waals surface area contributed by atoms with E-state index in [1.807, 2.05) is 30.3 Å². The SMILES string of the molecule is CN=C1NCCCc2c1noc2-c1ccccc1. The van der Waals surface area contributed by atoms with E-state index in [0.717, 1.165) is 47.8 Å². The molecule has 92 valence electrons. The normalized spacial score (nSPS) is 17.1. The highest BCUT2D eigenvalue weighted by Crippen LogP contribution is 2.28. The Labute approximate surface area is 106 Å². The molecule has 1 aromatic carbocycles. The molecule has 4 nitrogen and oxygen atoms in total. The molecule has 0 unspecified atom stereocenters. The molecule has 0 bridgehead atoms. The number of amidine groups is 1. The van der Waals surface area contributed by atoms with E-state index in [-0.39, 0.29) is 0 Å². The van der Waals surface area contributed by atoms with Gasteiger partial charge in [-0.15, -0.1) is 0 Å². The van der Waals surface area contributed by atoms with Crippen molar-refractivity contribution in [3.05, 3.63) is 41.6 Å². The minimum Gasteiger partial charge on any atom is -0.368 e. The van der Waals surface area contributed by atoms with Gasteiger partial charge in [0.15, 0.2) is 17.3 Å². The number of aliphatic imine (C=N–C) groups is 1. The van der Waals surface area contributed by atoms with E-state index in [9.17, 15) is 0 Å². The van der Waals surface area contributed by atoms with Gasteiger partial charge < -0.3 is 9.84 Å². The van der Waals surface area contributed by atoms with Crippen LogP contribution in [0.5, 0.6) is 0 Å². The van der Waals surface area contributed by atoms with Gasteiger partial charge in [-0.2, -0.15) is 0 Å². The van der Waals surface area contributed by atoms with E-state index >= 15 is 0 Å². The summed E-state index contributed by atoms with van der Waals surface area (Å²) < 4.78 is 5.52. The fourth-order valence-corrected chi connectivity index (χ4v) is 2.28. The fourth-order valence-electron chi connectivity index (χ4n) is 2.28. The molecule has 1 aromatic heterocycles. The van der Waals surface area contributed by atoms with Crippen LogP contribution < -0.4 is 5.32 Å². The highest BCUT2D eigenvalue weighted by Gasteiger charge is 2.22. The molecule has 1 aliphatic rings. The molecule has 1 N–H and O–H groups in total. The molecule has 0 aliphatic carbocycles. The first-order chi connectivity index (χ1) is 8.90. The first-order valence-corrected chi connectivity index (χ1v) is 6.15. The van der Waals surface area contributed by atoms with E-state index < -0.39 is 0 Å². The van der Waals surface area contributed by atoms with Crippen LogP contribution in [0, 0.1) is 0 Å². The highest BCUT2D eigenvalue weighted by molar-refractivity contribution is 5.99. The van der Waals surface area contributed by atoms with Gasteiger partial charge in [-0.3, -0.25) is 4.99 Å². The third-order valence-electron chi connectivity index (χ3n) is 3.17. The number of aromatic nitrogens is 1. The minimum absolute atomic E-state index is 0.827. The maximum Gasteiger partial charge on any atom is 0.170 e. The first kappa shape index (κ1) is 11.0. The van der Waals surface area contributed by atoms with Crippen molar-refractivity contribution in [3.63, 3.8) is 0 Å².